The molecule has 0 bridgehead atoms. The van der Waals surface area contributed by atoms with Gasteiger partial charge < -0.3 is 20.3 Å². The van der Waals surface area contributed by atoms with E-state index >= 15 is 0 Å². The number of aliphatic hydroxyl groups excluding tert-OH is 2. The third kappa shape index (κ3) is 65.5. The van der Waals surface area contributed by atoms with Crippen LogP contribution >= 0.6 is 0 Å². The summed E-state index contributed by atoms with van der Waals surface area (Å²) < 4.78 is 5.51. The molecule has 0 rings (SSSR count). The number of carbonyl (C=O) groups is 2. The highest BCUT2D eigenvalue weighted by molar-refractivity contribution is 5.76. The standard InChI is InChI=1S/C74H143NO5/c1-3-5-7-9-11-13-15-17-19-20-33-37-40-44-48-52-56-60-64-68-74(79)80-69-65-61-57-53-49-45-41-38-35-32-30-28-26-24-22-21-23-25-27-29-31-34-36-39-43-47-51-55-59-63-67-73(78)75-71(70-76)72(77)66-62-58-54-50-46-42-18-16-14-12-10-8-6-4-2/h17,19,62,66,71-72,76-77H,3-16,18,20-61,63-65,67-70H2,1-2H3,(H,75,78)/b19-17-,66-62+. The lowest BCUT2D eigenvalue weighted by molar-refractivity contribution is -0.143. The van der Waals surface area contributed by atoms with Crippen LogP contribution in [0.2, 0.25) is 0 Å². The molecule has 0 aliphatic rings. The van der Waals surface area contributed by atoms with E-state index in [1.54, 1.807) is 6.08 Å². The molecule has 6 heteroatoms. The number of nitrogens with one attached hydrogen (secondary N) is 1. The minimum absolute atomic E-state index is 0.0201. The number of hydrogen-bond donors (Lipinski definition) is 3. The van der Waals surface area contributed by atoms with Crippen LogP contribution in [0.1, 0.15) is 412 Å². The van der Waals surface area contributed by atoms with Crippen molar-refractivity contribution in [3.8, 4) is 0 Å². The van der Waals surface area contributed by atoms with Crippen molar-refractivity contribution in [3.05, 3.63) is 24.3 Å². The Morgan fingerprint density at radius 1 is 0.338 bits per heavy atom. The Kier molecular flexibility index (Phi) is 68.4. The first-order valence-corrected chi connectivity index (χ1v) is 36.6. The number of ether oxygens (including phenoxy) is 1. The summed E-state index contributed by atoms with van der Waals surface area (Å²) >= 11 is 0. The van der Waals surface area contributed by atoms with Crippen molar-refractivity contribution in [2.45, 2.75) is 424 Å². The zero-order valence-corrected chi connectivity index (χ0v) is 54.3. The van der Waals surface area contributed by atoms with Crippen LogP contribution in [0.4, 0.5) is 0 Å². The average Bonchev–Trinajstić information content (AvgIpc) is 3.46. The van der Waals surface area contributed by atoms with Crippen LogP contribution in [0.25, 0.3) is 0 Å². The van der Waals surface area contributed by atoms with Gasteiger partial charge in [-0.2, -0.15) is 0 Å². The fourth-order valence-corrected chi connectivity index (χ4v) is 11.6. The van der Waals surface area contributed by atoms with Crippen molar-refractivity contribution in [3.63, 3.8) is 0 Å². The summed E-state index contributed by atoms with van der Waals surface area (Å²) in [6.45, 7) is 4.94. The minimum atomic E-state index is -0.841. The van der Waals surface area contributed by atoms with Crippen LogP contribution < -0.4 is 5.32 Å². The molecule has 0 radical (unpaired) electrons. The van der Waals surface area contributed by atoms with Gasteiger partial charge in [-0.05, 0) is 57.8 Å². The molecule has 0 spiro atoms. The molecule has 1 amide bonds. The third-order valence-corrected chi connectivity index (χ3v) is 17.2. The molecule has 0 aliphatic carbocycles. The maximum atomic E-state index is 12.5. The number of unbranched alkanes of at least 4 members (excludes halogenated alkanes) is 56. The van der Waals surface area contributed by atoms with Gasteiger partial charge in [-0.3, -0.25) is 9.59 Å². The molecule has 0 fully saturated rings. The fraction of sp³-hybridized carbons (Fsp3) is 0.919. The highest BCUT2D eigenvalue weighted by Crippen LogP contribution is 2.19. The number of allylic oxidation sites excluding steroid dienone is 3. The summed E-state index contributed by atoms with van der Waals surface area (Å²) in [6.07, 6.45) is 88.5. The largest absolute Gasteiger partial charge is 0.466 e. The van der Waals surface area contributed by atoms with Crippen LogP contribution in [0, 0.1) is 0 Å². The van der Waals surface area contributed by atoms with Gasteiger partial charge in [0, 0.05) is 12.8 Å². The molecule has 0 aromatic carbocycles. The Morgan fingerprint density at radius 2 is 0.588 bits per heavy atom. The molecule has 6 nitrogen and oxygen atoms in total. The topological polar surface area (TPSA) is 95.9 Å². The van der Waals surface area contributed by atoms with E-state index < -0.39 is 12.1 Å². The third-order valence-electron chi connectivity index (χ3n) is 17.2. The van der Waals surface area contributed by atoms with Gasteiger partial charge in [0.05, 0.1) is 25.4 Å². The van der Waals surface area contributed by atoms with Crippen molar-refractivity contribution in [2.24, 2.45) is 0 Å². The van der Waals surface area contributed by atoms with Crippen molar-refractivity contribution >= 4 is 11.9 Å². The van der Waals surface area contributed by atoms with Gasteiger partial charge in [0.15, 0.2) is 0 Å². The second kappa shape index (κ2) is 69.8. The highest BCUT2D eigenvalue weighted by Gasteiger charge is 2.18. The maximum Gasteiger partial charge on any atom is 0.305 e. The summed E-state index contributed by atoms with van der Waals surface area (Å²) in [5, 5.41) is 23.2. The first-order chi connectivity index (χ1) is 39.5. The fourth-order valence-electron chi connectivity index (χ4n) is 11.6. The van der Waals surface area contributed by atoms with Crippen LogP contribution in [0.5, 0.6) is 0 Å². The average molecular weight is 1130 g/mol. The zero-order valence-electron chi connectivity index (χ0n) is 54.3. The van der Waals surface area contributed by atoms with E-state index in [9.17, 15) is 19.8 Å². The summed E-state index contributed by atoms with van der Waals surface area (Å²) in [6, 6.07) is -0.624. The molecular formula is C74H143NO5. The Bertz CT molecular complexity index is 1250. The van der Waals surface area contributed by atoms with Crippen LogP contribution in [-0.2, 0) is 14.3 Å². The maximum absolute atomic E-state index is 12.5. The summed E-state index contributed by atoms with van der Waals surface area (Å²) in [4.78, 5) is 24.6. The lowest BCUT2D eigenvalue weighted by Crippen LogP contribution is -2.45. The number of carbonyl (C=O) groups excluding carboxylic acids is 2. The van der Waals surface area contributed by atoms with Gasteiger partial charge in [-0.15, -0.1) is 0 Å². The second-order valence-corrected chi connectivity index (χ2v) is 25.3. The lowest BCUT2D eigenvalue weighted by atomic mass is 10.0. The summed E-state index contributed by atoms with van der Waals surface area (Å²) in [5.74, 6) is -0.0417. The predicted octanol–water partition coefficient (Wildman–Crippen LogP) is 23.7. The quantitative estimate of drug-likeness (QED) is 0.0320. The molecule has 0 saturated carbocycles. The number of rotatable bonds is 69. The molecule has 0 aliphatic heterocycles. The predicted molar refractivity (Wildman–Crippen MR) is 352 cm³/mol. The van der Waals surface area contributed by atoms with Gasteiger partial charge in [0.2, 0.25) is 5.91 Å². The van der Waals surface area contributed by atoms with Gasteiger partial charge in [-0.25, -0.2) is 0 Å². The highest BCUT2D eigenvalue weighted by atomic mass is 16.5. The smallest absolute Gasteiger partial charge is 0.305 e. The minimum Gasteiger partial charge on any atom is -0.466 e. The van der Waals surface area contributed by atoms with E-state index in [4.69, 9.17) is 4.74 Å². The van der Waals surface area contributed by atoms with Crippen LogP contribution in [0.3, 0.4) is 0 Å². The normalized spacial score (nSPS) is 12.6. The summed E-state index contributed by atoms with van der Waals surface area (Å²) in [7, 11) is 0. The Morgan fingerprint density at radius 3 is 0.887 bits per heavy atom. The van der Waals surface area contributed by atoms with Gasteiger partial charge in [-0.1, -0.05) is 366 Å². The van der Waals surface area contributed by atoms with E-state index in [0.29, 0.717) is 19.4 Å². The van der Waals surface area contributed by atoms with E-state index in [-0.39, 0.29) is 18.5 Å². The number of hydrogen-bond acceptors (Lipinski definition) is 5. The Balaban J connectivity index is 3.32. The van der Waals surface area contributed by atoms with E-state index in [0.717, 1.165) is 38.5 Å². The van der Waals surface area contributed by atoms with E-state index in [1.165, 1.54) is 347 Å². The number of esters is 1. The molecular weight excluding hydrogens is 983 g/mol. The summed E-state index contributed by atoms with van der Waals surface area (Å²) in [5.41, 5.74) is 0. The van der Waals surface area contributed by atoms with Crippen molar-refractivity contribution < 1.29 is 24.5 Å². The first kappa shape index (κ1) is 78.3. The lowest BCUT2D eigenvalue weighted by Gasteiger charge is -2.20. The first-order valence-electron chi connectivity index (χ1n) is 36.6. The van der Waals surface area contributed by atoms with Gasteiger partial charge in [0.25, 0.3) is 0 Å². The van der Waals surface area contributed by atoms with Crippen molar-refractivity contribution in [1.82, 2.24) is 5.32 Å². The molecule has 2 atom stereocenters. The molecule has 0 aromatic heterocycles. The number of aliphatic hydroxyl groups is 2. The van der Waals surface area contributed by atoms with Crippen LogP contribution in [0.15, 0.2) is 24.3 Å². The molecule has 2 unspecified atom stereocenters. The Labute approximate surface area is 501 Å². The molecule has 3 N–H and O–H groups in total. The monoisotopic (exact) mass is 1130 g/mol. The molecule has 0 aromatic rings. The van der Waals surface area contributed by atoms with E-state index in [2.05, 4.69) is 31.3 Å². The second-order valence-electron chi connectivity index (χ2n) is 25.3. The van der Waals surface area contributed by atoms with Gasteiger partial charge in [0.1, 0.15) is 0 Å². The molecule has 0 heterocycles. The molecule has 0 saturated heterocycles. The zero-order chi connectivity index (χ0) is 57.8. The van der Waals surface area contributed by atoms with Crippen molar-refractivity contribution in [2.75, 3.05) is 13.2 Å². The SMILES string of the molecule is CCCCCCCC/C=C\CCCCCCCCCCCC(=O)OCCCCCCCCCCCCCCCCCCCCCCCCCCCCCCCCC(=O)NC(CO)C(O)/C=C/CCCCCCCCCCCCCC. The van der Waals surface area contributed by atoms with Crippen molar-refractivity contribution in [1.29, 1.82) is 0 Å². The molecule has 80 heavy (non-hydrogen) atoms. The van der Waals surface area contributed by atoms with Crippen LogP contribution in [-0.4, -0.2) is 47.4 Å². The molecule has 474 valence electrons. The Hall–Kier alpha value is -1.66. The van der Waals surface area contributed by atoms with E-state index in [1.807, 2.05) is 6.08 Å². The number of amides is 1. The van der Waals surface area contributed by atoms with Gasteiger partial charge >= 0.3 is 5.97 Å².